The van der Waals surface area contributed by atoms with E-state index in [1.165, 1.54) is 16.7 Å². The molecule has 1 atom stereocenters. The van der Waals surface area contributed by atoms with Crippen LogP contribution in [0.2, 0.25) is 0 Å². The molecule has 0 saturated heterocycles. The minimum absolute atomic E-state index is 0.0169. The molecule has 5 heteroatoms. The van der Waals surface area contributed by atoms with Gasteiger partial charge >= 0.3 is 0 Å². The van der Waals surface area contributed by atoms with Crippen LogP contribution in [-0.2, 0) is 28.3 Å². The molecule has 0 aliphatic heterocycles. The Hall–Kier alpha value is -3.05. The molecule has 0 bridgehead atoms. The Balaban J connectivity index is 1.83. The van der Waals surface area contributed by atoms with E-state index in [4.69, 9.17) is 0 Å². The molecule has 0 heterocycles. The number of aryl methyl sites for hydroxylation is 2. The summed E-state index contributed by atoms with van der Waals surface area (Å²) in [6.45, 7) is 7.17. The van der Waals surface area contributed by atoms with E-state index in [0.717, 1.165) is 23.3 Å². The number of rotatable bonds is 12. The van der Waals surface area contributed by atoms with Crippen molar-refractivity contribution in [3.63, 3.8) is 0 Å². The number of thioether (sulfide) groups is 1. The molecule has 3 aromatic carbocycles. The molecule has 3 aromatic rings. The van der Waals surface area contributed by atoms with E-state index in [0.29, 0.717) is 25.3 Å². The van der Waals surface area contributed by atoms with E-state index < -0.39 is 6.04 Å². The largest absolute Gasteiger partial charge is 0.354 e. The van der Waals surface area contributed by atoms with Crippen molar-refractivity contribution < 1.29 is 9.59 Å². The quantitative estimate of drug-likeness (QED) is 0.356. The Kier molecular flexibility index (Phi) is 10.4. The molecule has 1 N–H and O–H groups in total. The van der Waals surface area contributed by atoms with Crippen LogP contribution in [0.1, 0.15) is 41.2 Å². The molecule has 0 aromatic heterocycles. The van der Waals surface area contributed by atoms with E-state index in [1.807, 2.05) is 80.6 Å². The lowest BCUT2D eigenvalue weighted by molar-refractivity contribution is -0.139. The van der Waals surface area contributed by atoms with Gasteiger partial charge in [-0.3, -0.25) is 9.59 Å². The first kappa shape index (κ1) is 26.6. The molecular weight excluding hydrogens is 452 g/mol. The van der Waals surface area contributed by atoms with Crippen LogP contribution >= 0.6 is 11.8 Å². The van der Waals surface area contributed by atoms with Crippen molar-refractivity contribution in [3.05, 3.63) is 107 Å². The summed E-state index contributed by atoms with van der Waals surface area (Å²) in [5.74, 6) is 0.978. The zero-order valence-corrected chi connectivity index (χ0v) is 21.8. The summed E-state index contributed by atoms with van der Waals surface area (Å²) in [4.78, 5) is 28.7. The van der Waals surface area contributed by atoms with Crippen molar-refractivity contribution in [1.29, 1.82) is 0 Å². The number of carbonyl (C=O) groups excluding carboxylic acids is 2. The van der Waals surface area contributed by atoms with Gasteiger partial charge in [-0.25, -0.2) is 0 Å². The van der Waals surface area contributed by atoms with Crippen molar-refractivity contribution in [2.75, 3.05) is 12.3 Å². The highest BCUT2D eigenvalue weighted by Gasteiger charge is 2.30. The van der Waals surface area contributed by atoms with Gasteiger partial charge in [0, 0.05) is 25.3 Å². The van der Waals surface area contributed by atoms with E-state index in [9.17, 15) is 9.59 Å². The number of amides is 2. The van der Waals surface area contributed by atoms with Crippen LogP contribution in [-0.4, -0.2) is 35.1 Å². The molecule has 0 saturated carbocycles. The minimum Gasteiger partial charge on any atom is -0.354 e. The predicted molar refractivity (Wildman–Crippen MR) is 146 cm³/mol. The molecule has 35 heavy (non-hydrogen) atoms. The molecule has 1 unspecified atom stereocenters. The first-order valence-corrected chi connectivity index (χ1v) is 13.4. The molecule has 184 valence electrons. The van der Waals surface area contributed by atoms with Gasteiger partial charge in [-0.1, -0.05) is 91.3 Å². The smallest absolute Gasteiger partial charge is 0.243 e. The van der Waals surface area contributed by atoms with Gasteiger partial charge in [-0.05, 0) is 42.5 Å². The maximum absolute atomic E-state index is 13.6. The van der Waals surface area contributed by atoms with E-state index >= 15 is 0 Å². The summed E-state index contributed by atoms with van der Waals surface area (Å²) in [5, 5.41) is 3.03. The molecule has 0 aliphatic rings. The van der Waals surface area contributed by atoms with Crippen LogP contribution in [0.3, 0.4) is 0 Å². The van der Waals surface area contributed by atoms with Crippen LogP contribution in [0.5, 0.6) is 0 Å². The number of hydrogen-bond donors (Lipinski definition) is 1. The normalized spacial score (nSPS) is 11.6. The SMILES string of the molecule is CCCNC(=O)C(Cc1ccccc1)N(Cc1ccc(C)cc1)C(=O)CSCc1ccccc1C. The summed E-state index contributed by atoms with van der Waals surface area (Å²) in [7, 11) is 0. The van der Waals surface area contributed by atoms with Crippen molar-refractivity contribution in [2.24, 2.45) is 0 Å². The summed E-state index contributed by atoms with van der Waals surface area (Å²) in [5.41, 5.74) is 5.69. The van der Waals surface area contributed by atoms with Gasteiger partial charge in [-0.15, -0.1) is 11.8 Å². The van der Waals surface area contributed by atoms with Gasteiger partial charge < -0.3 is 10.2 Å². The lowest BCUT2D eigenvalue weighted by Gasteiger charge is -2.31. The monoisotopic (exact) mass is 488 g/mol. The Bertz CT molecular complexity index is 1080. The molecule has 2 amide bonds. The second kappa shape index (κ2) is 13.7. The van der Waals surface area contributed by atoms with Gasteiger partial charge in [0.15, 0.2) is 0 Å². The third-order valence-corrected chi connectivity index (χ3v) is 7.00. The van der Waals surface area contributed by atoms with Gasteiger partial charge in [0.05, 0.1) is 5.75 Å². The Morgan fingerprint density at radius 2 is 1.57 bits per heavy atom. The van der Waals surface area contributed by atoms with Crippen LogP contribution in [0, 0.1) is 13.8 Å². The Labute approximate surface area is 214 Å². The highest BCUT2D eigenvalue weighted by Crippen LogP contribution is 2.20. The standard InChI is InChI=1S/C30H36N2O2S/c1-4-18-31-30(34)28(19-25-11-6-5-7-12-25)32(20-26-16-14-23(2)15-17-26)29(33)22-35-21-27-13-9-8-10-24(27)3/h5-17,28H,4,18-22H2,1-3H3,(H,31,34). The molecule has 4 nitrogen and oxygen atoms in total. The Morgan fingerprint density at radius 3 is 2.26 bits per heavy atom. The number of carbonyl (C=O) groups is 2. The van der Waals surface area contributed by atoms with Crippen LogP contribution in [0.4, 0.5) is 0 Å². The van der Waals surface area contributed by atoms with Gasteiger partial charge in [0.25, 0.3) is 0 Å². The van der Waals surface area contributed by atoms with E-state index in [-0.39, 0.29) is 11.8 Å². The van der Waals surface area contributed by atoms with Crippen LogP contribution in [0.15, 0.2) is 78.9 Å². The van der Waals surface area contributed by atoms with E-state index in [1.54, 1.807) is 16.7 Å². The molecule has 0 aliphatic carbocycles. The maximum atomic E-state index is 13.6. The van der Waals surface area contributed by atoms with Crippen molar-refractivity contribution in [1.82, 2.24) is 10.2 Å². The first-order chi connectivity index (χ1) is 17.0. The third kappa shape index (κ3) is 8.29. The highest BCUT2D eigenvalue weighted by molar-refractivity contribution is 7.99. The minimum atomic E-state index is -0.572. The fraction of sp³-hybridized carbons (Fsp3) is 0.333. The average Bonchev–Trinajstić information content (AvgIpc) is 2.87. The Morgan fingerprint density at radius 1 is 0.886 bits per heavy atom. The fourth-order valence-electron chi connectivity index (χ4n) is 3.91. The van der Waals surface area contributed by atoms with Crippen molar-refractivity contribution >= 4 is 23.6 Å². The fourth-order valence-corrected chi connectivity index (χ4v) is 4.90. The van der Waals surface area contributed by atoms with E-state index in [2.05, 4.69) is 24.4 Å². The zero-order chi connectivity index (χ0) is 25.0. The van der Waals surface area contributed by atoms with Crippen molar-refractivity contribution in [2.45, 2.75) is 52.0 Å². The first-order valence-electron chi connectivity index (χ1n) is 12.3. The maximum Gasteiger partial charge on any atom is 0.243 e. The number of benzene rings is 3. The van der Waals surface area contributed by atoms with Gasteiger partial charge in [0.1, 0.15) is 6.04 Å². The second-order valence-corrected chi connectivity index (χ2v) is 9.91. The summed E-state index contributed by atoms with van der Waals surface area (Å²) in [6, 6.07) is 25.8. The molecular formula is C30H36N2O2S. The topological polar surface area (TPSA) is 49.4 Å². The second-order valence-electron chi connectivity index (χ2n) is 8.92. The summed E-state index contributed by atoms with van der Waals surface area (Å²) < 4.78 is 0. The molecule has 0 spiro atoms. The third-order valence-electron chi connectivity index (χ3n) is 6.04. The lowest BCUT2D eigenvalue weighted by atomic mass is 10.0. The lowest BCUT2D eigenvalue weighted by Crippen LogP contribution is -2.51. The van der Waals surface area contributed by atoms with Crippen molar-refractivity contribution in [3.8, 4) is 0 Å². The molecule has 3 rings (SSSR count). The summed E-state index contributed by atoms with van der Waals surface area (Å²) >= 11 is 1.60. The van der Waals surface area contributed by atoms with Crippen LogP contribution in [0.25, 0.3) is 0 Å². The summed E-state index contributed by atoms with van der Waals surface area (Å²) in [6.07, 6.45) is 1.33. The number of nitrogens with zero attached hydrogens (tertiary/aromatic N) is 1. The average molecular weight is 489 g/mol. The van der Waals surface area contributed by atoms with Gasteiger partial charge in [-0.2, -0.15) is 0 Å². The van der Waals surface area contributed by atoms with Gasteiger partial charge in [0.2, 0.25) is 11.8 Å². The van der Waals surface area contributed by atoms with Crippen LogP contribution < -0.4 is 5.32 Å². The highest BCUT2D eigenvalue weighted by atomic mass is 32.2. The number of nitrogens with one attached hydrogen (secondary N) is 1. The number of hydrogen-bond acceptors (Lipinski definition) is 3. The predicted octanol–water partition coefficient (Wildman–Crippen LogP) is 5.70. The molecule has 0 fully saturated rings. The molecule has 0 radical (unpaired) electrons. The zero-order valence-electron chi connectivity index (χ0n) is 21.0.